The summed E-state index contributed by atoms with van der Waals surface area (Å²) in [5.74, 6) is 0. The van der Waals surface area contributed by atoms with Gasteiger partial charge >= 0.3 is 6.03 Å². The Kier molecular flexibility index (Phi) is 4.19. The third-order valence-corrected chi connectivity index (χ3v) is 5.91. The second kappa shape index (κ2) is 6.40. The summed E-state index contributed by atoms with van der Waals surface area (Å²) in [6, 6.07) is 9.87. The van der Waals surface area contributed by atoms with Gasteiger partial charge in [0.25, 0.3) is 0 Å². The Labute approximate surface area is 154 Å². The van der Waals surface area contributed by atoms with Gasteiger partial charge in [-0.1, -0.05) is 24.3 Å². The first kappa shape index (κ1) is 17.0. The van der Waals surface area contributed by atoms with E-state index in [4.69, 9.17) is 0 Å². The van der Waals surface area contributed by atoms with Crippen molar-refractivity contribution in [1.29, 1.82) is 0 Å². The van der Waals surface area contributed by atoms with Crippen LogP contribution in [0.3, 0.4) is 0 Å². The molecule has 0 spiro atoms. The van der Waals surface area contributed by atoms with Gasteiger partial charge in [0.2, 0.25) is 0 Å². The molecule has 2 aliphatic heterocycles. The molecule has 2 fully saturated rings. The van der Waals surface area contributed by atoms with Gasteiger partial charge in [-0.15, -0.1) is 0 Å². The molecule has 136 valence electrons. The number of nitrogens with one attached hydrogen (secondary N) is 1. The maximum Gasteiger partial charge on any atom is 0.322 e. The van der Waals surface area contributed by atoms with Crippen LogP contribution in [0.25, 0.3) is 0 Å². The Morgan fingerprint density at radius 2 is 1.81 bits per heavy atom. The van der Waals surface area contributed by atoms with Crippen molar-refractivity contribution >= 4 is 11.7 Å². The number of carbonyl (C=O) groups is 1. The lowest BCUT2D eigenvalue weighted by Gasteiger charge is -2.43. The summed E-state index contributed by atoms with van der Waals surface area (Å²) in [7, 11) is 0. The molecule has 0 saturated carbocycles. The minimum atomic E-state index is -0.893. The largest absolute Gasteiger partial charge is 0.385 e. The van der Waals surface area contributed by atoms with E-state index in [2.05, 4.69) is 10.3 Å². The van der Waals surface area contributed by atoms with Crippen LogP contribution >= 0.6 is 0 Å². The second-order valence-corrected chi connectivity index (χ2v) is 7.67. The van der Waals surface area contributed by atoms with Crippen molar-refractivity contribution in [2.24, 2.45) is 0 Å². The summed E-state index contributed by atoms with van der Waals surface area (Å²) in [4.78, 5) is 19.1. The van der Waals surface area contributed by atoms with Gasteiger partial charge in [-0.2, -0.15) is 0 Å². The molecule has 3 heterocycles. The van der Waals surface area contributed by atoms with Crippen molar-refractivity contribution < 1.29 is 9.90 Å². The van der Waals surface area contributed by atoms with E-state index in [1.54, 1.807) is 12.4 Å². The lowest BCUT2D eigenvalue weighted by molar-refractivity contribution is -0.0424. The molecule has 5 heteroatoms. The molecule has 0 aliphatic carbocycles. The fourth-order valence-corrected chi connectivity index (χ4v) is 4.61. The van der Waals surface area contributed by atoms with Crippen LogP contribution in [-0.2, 0) is 5.60 Å². The van der Waals surface area contributed by atoms with Gasteiger partial charge in [0, 0.05) is 48.6 Å². The Bertz CT molecular complexity index is 787. The maximum atomic E-state index is 13.0. The highest BCUT2D eigenvalue weighted by Crippen LogP contribution is 2.45. The van der Waals surface area contributed by atoms with E-state index < -0.39 is 5.60 Å². The first-order valence-corrected chi connectivity index (χ1v) is 9.26. The van der Waals surface area contributed by atoms with Crippen LogP contribution in [0.1, 0.15) is 42.4 Å². The van der Waals surface area contributed by atoms with E-state index in [0.29, 0.717) is 12.8 Å². The third kappa shape index (κ3) is 2.86. The van der Waals surface area contributed by atoms with Crippen molar-refractivity contribution in [3.63, 3.8) is 0 Å². The topological polar surface area (TPSA) is 65.5 Å². The molecule has 2 unspecified atom stereocenters. The lowest BCUT2D eigenvalue weighted by atomic mass is 9.81. The van der Waals surface area contributed by atoms with E-state index >= 15 is 0 Å². The van der Waals surface area contributed by atoms with E-state index in [9.17, 15) is 9.90 Å². The van der Waals surface area contributed by atoms with Crippen LogP contribution in [-0.4, -0.2) is 33.1 Å². The number of hydrogen-bond donors (Lipinski definition) is 2. The summed E-state index contributed by atoms with van der Waals surface area (Å²) >= 11 is 0. The van der Waals surface area contributed by atoms with Gasteiger partial charge in [0.1, 0.15) is 0 Å². The zero-order valence-electron chi connectivity index (χ0n) is 15.3. The van der Waals surface area contributed by atoms with Crippen LogP contribution < -0.4 is 5.32 Å². The van der Waals surface area contributed by atoms with Crippen molar-refractivity contribution in [3.05, 3.63) is 59.4 Å². The SMILES string of the molecule is Cc1cccc(C)c1NC(=O)N1C2CCC1CC(O)(c1cccnc1)C2. The molecular formula is C21H25N3O2. The minimum absolute atomic E-state index is 0.0527. The number of urea groups is 1. The highest BCUT2D eigenvalue weighted by molar-refractivity contribution is 5.91. The lowest BCUT2D eigenvalue weighted by Crippen LogP contribution is -2.53. The maximum absolute atomic E-state index is 13.0. The molecular weight excluding hydrogens is 326 g/mol. The zero-order valence-corrected chi connectivity index (χ0v) is 15.3. The third-order valence-electron chi connectivity index (χ3n) is 5.91. The van der Waals surface area contributed by atoms with Gasteiger partial charge < -0.3 is 15.3 Å². The number of piperidine rings is 1. The van der Waals surface area contributed by atoms with Gasteiger partial charge in [0.05, 0.1) is 5.60 Å². The van der Waals surface area contributed by atoms with Crippen molar-refractivity contribution in [3.8, 4) is 0 Å². The number of anilines is 1. The number of nitrogens with zero attached hydrogens (tertiary/aromatic N) is 2. The van der Waals surface area contributed by atoms with E-state index in [0.717, 1.165) is 35.2 Å². The summed E-state index contributed by atoms with van der Waals surface area (Å²) < 4.78 is 0. The molecule has 26 heavy (non-hydrogen) atoms. The standard InChI is InChI=1S/C21H25N3O2/c1-14-5-3-6-15(2)19(14)23-20(25)24-17-8-9-18(24)12-21(26,11-17)16-7-4-10-22-13-16/h3-7,10,13,17-18,26H,8-9,11-12H2,1-2H3,(H,23,25). The van der Waals surface area contributed by atoms with Crippen molar-refractivity contribution in [2.45, 2.75) is 57.2 Å². The van der Waals surface area contributed by atoms with Gasteiger partial charge in [0.15, 0.2) is 0 Å². The molecule has 2 amide bonds. The predicted molar refractivity (Wildman–Crippen MR) is 101 cm³/mol. The van der Waals surface area contributed by atoms with Crippen molar-refractivity contribution in [2.75, 3.05) is 5.32 Å². The van der Waals surface area contributed by atoms with Crippen LogP contribution in [0.5, 0.6) is 0 Å². The monoisotopic (exact) mass is 351 g/mol. The van der Waals surface area contributed by atoms with Crippen LogP contribution in [0.15, 0.2) is 42.7 Å². The molecule has 1 aromatic heterocycles. The zero-order chi connectivity index (χ0) is 18.3. The number of rotatable bonds is 2. The number of amides is 2. The Morgan fingerprint density at radius 3 is 2.38 bits per heavy atom. The predicted octanol–water partition coefficient (Wildman–Crippen LogP) is 3.74. The Hall–Kier alpha value is -2.40. The number of aryl methyl sites for hydroxylation is 2. The highest BCUT2D eigenvalue weighted by Gasteiger charge is 2.50. The molecule has 2 bridgehead atoms. The average Bonchev–Trinajstić information content (AvgIpc) is 2.91. The molecule has 2 N–H and O–H groups in total. The number of carbonyl (C=O) groups excluding carboxylic acids is 1. The number of aromatic nitrogens is 1. The minimum Gasteiger partial charge on any atom is -0.385 e. The molecule has 5 nitrogen and oxygen atoms in total. The number of para-hydroxylation sites is 1. The molecule has 1 aromatic carbocycles. The van der Waals surface area contributed by atoms with Crippen LogP contribution in [0.4, 0.5) is 10.5 Å². The number of hydrogen-bond acceptors (Lipinski definition) is 3. The normalized spacial score (nSPS) is 27.4. The van der Waals surface area contributed by atoms with E-state index in [-0.39, 0.29) is 18.1 Å². The van der Waals surface area contributed by atoms with Gasteiger partial charge in [-0.25, -0.2) is 4.79 Å². The van der Waals surface area contributed by atoms with E-state index in [1.165, 1.54) is 0 Å². The first-order valence-electron chi connectivity index (χ1n) is 9.26. The van der Waals surface area contributed by atoms with Crippen LogP contribution in [0.2, 0.25) is 0 Å². The van der Waals surface area contributed by atoms with Crippen molar-refractivity contribution in [1.82, 2.24) is 9.88 Å². The number of pyridine rings is 1. The molecule has 2 saturated heterocycles. The smallest absolute Gasteiger partial charge is 0.322 e. The Balaban J connectivity index is 1.54. The number of aliphatic hydroxyl groups is 1. The number of fused-ring (bicyclic) bond motifs is 2. The summed E-state index contributed by atoms with van der Waals surface area (Å²) in [6.07, 6.45) is 6.46. The molecule has 2 aliphatic rings. The second-order valence-electron chi connectivity index (χ2n) is 7.67. The van der Waals surface area contributed by atoms with Gasteiger partial charge in [-0.3, -0.25) is 4.98 Å². The molecule has 2 atom stereocenters. The molecule has 0 radical (unpaired) electrons. The summed E-state index contributed by atoms with van der Waals surface area (Å²) in [5.41, 5.74) is 2.98. The quantitative estimate of drug-likeness (QED) is 0.866. The highest BCUT2D eigenvalue weighted by atomic mass is 16.3. The average molecular weight is 351 g/mol. The summed E-state index contributed by atoms with van der Waals surface area (Å²) in [5, 5.41) is 14.3. The summed E-state index contributed by atoms with van der Waals surface area (Å²) in [6.45, 7) is 4.02. The molecule has 2 aromatic rings. The fraction of sp³-hybridized carbons (Fsp3) is 0.429. The Morgan fingerprint density at radius 1 is 1.15 bits per heavy atom. The van der Waals surface area contributed by atoms with Crippen LogP contribution in [0, 0.1) is 13.8 Å². The first-order chi connectivity index (χ1) is 12.5. The number of benzene rings is 1. The van der Waals surface area contributed by atoms with E-state index in [1.807, 2.05) is 49.1 Å². The fourth-order valence-electron chi connectivity index (χ4n) is 4.61. The molecule has 4 rings (SSSR count). The van der Waals surface area contributed by atoms with Gasteiger partial charge in [-0.05, 0) is 43.9 Å².